The molecule has 1 aliphatic heterocycles. The molecule has 5 rings (SSSR count). The van der Waals surface area contributed by atoms with Gasteiger partial charge in [-0.15, -0.1) is 5.10 Å². The van der Waals surface area contributed by atoms with Gasteiger partial charge in [0.05, 0.1) is 5.57 Å². The van der Waals surface area contributed by atoms with Crippen LogP contribution in [-0.4, -0.2) is 26.5 Å². The minimum Gasteiger partial charge on any atom is -0.489 e. The molecular weight excluding hydrogens is 556 g/mol. The Labute approximate surface area is 258 Å². The Hall–Kier alpha value is -4.04. The Bertz CT molecular complexity index is 1570. The molecule has 224 valence electrons. The number of para-hydroxylation sites is 1. The van der Waals surface area contributed by atoms with Crippen LogP contribution in [0.15, 0.2) is 95.3 Å². The normalized spacial score (nSPS) is 14.7. The number of thioether (sulfide) groups is 1. The van der Waals surface area contributed by atoms with Crippen molar-refractivity contribution in [3.05, 3.63) is 112 Å². The fraction of sp³-hybridized carbons (Fsp3) is 0.343. The van der Waals surface area contributed by atoms with Crippen molar-refractivity contribution in [3.63, 3.8) is 0 Å². The lowest BCUT2D eigenvalue weighted by Crippen LogP contribution is -2.30. The van der Waals surface area contributed by atoms with Gasteiger partial charge in [0.25, 0.3) is 0 Å². The van der Waals surface area contributed by atoms with Gasteiger partial charge in [0, 0.05) is 17.0 Å². The van der Waals surface area contributed by atoms with Crippen LogP contribution >= 0.6 is 11.8 Å². The van der Waals surface area contributed by atoms with E-state index in [1.165, 1.54) is 5.56 Å². The van der Waals surface area contributed by atoms with E-state index in [0.717, 1.165) is 35.3 Å². The number of carbonyl (C=O) groups excluding carboxylic acids is 1. The smallest absolute Gasteiger partial charge is 0.338 e. The highest BCUT2D eigenvalue weighted by Crippen LogP contribution is 2.40. The molecule has 2 heterocycles. The molecule has 3 aromatic carbocycles. The van der Waals surface area contributed by atoms with Gasteiger partial charge in [-0.2, -0.15) is 4.98 Å². The molecule has 0 spiro atoms. The maximum atomic E-state index is 13.8. The molecule has 0 amide bonds. The van der Waals surface area contributed by atoms with Gasteiger partial charge in [0.15, 0.2) is 0 Å². The Balaban J connectivity index is 1.47. The number of unbranched alkanes of at least 4 members (excludes halogenated alkanes) is 1. The Morgan fingerprint density at radius 2 is 1.65 bits per heavy atom. The first-order valence-corrected chi connectivity index (χ1v) is 15.8. The molecule has 43 heavy (non-hydrogen) atoms. The zero-order valence-electron chi connectivity index (χ0n) is 25.6. The number of aromatic nitrogens is 3. The predicted molar refractivity (Wildman–Crippen MR) is 172 cm³/mol. The number of fused-ring (bicyclic) bond motifs is 1. The van der Waals surface area contributed by atoms with Crippen molar-refractivity contribution < 1.29 is 14.3 Å². The van der Waals surface area contributed by atoms with Crippen molar-refractivity contribution in [1.82, 2.24) is 14.8 Å². The van der Waals surface area contributed by atoms with E-state index in [9.17, 15) is 4.79 Å². The first-order chi connectivity index (χ1) is 20.7. The van der Waals surface area contributed by atoms with Crippen molar-refractivity contribution in [2.45, 2.75) is 77.3 Å². The second-order valence-electron chi connectivity index (χ2n) is 11.8. The third kappa shape index (κ3) is 7.31. The van der Waals surface area contributed by atoms with Crippen LogP contribution in [0.2, 0.25) is 0 Å². The molecule has 8 heteroatoms. The molecule has 0 saturated heterocycles. The van der Waals surface area contributed by atoms with Crippen molar-refractivity contribution in [2.75, 3.05) is 11.1 Å². The second-order valence-corrected chi connectivity index (χ2v) is 12.8. The van der Waals surface area contributed by atoms with Crippen molar-refractivity contribution in [3.8, 4) is 5.75 Å². The van der Waals surface area contributed by atoms with Crippen molar-refractivity contribution in [2.24, 2.45) is 0 Å². The minimum atomic E-state index is -0.577. The predicted octanol–water partition coefficient (Wildman–Crippen LogP) is 8.08. The standard InChI is InChI=1S/C35H40N4O3S/c1-6-7-21-43-34-37-33-36-24(2)30(32(40)42-23-25-13-9-8-10-14-25)31(39(33)38-34)28-15-11-12-16-29(28)41-22-26-17-19-27(20-18-26)35(3,4)5/h8-20,31H,6-7,21-23H2,1-5H3,(H,36,37,38). The third-order valence-corrected chi connectivity index (χ3v) is 8.35. The molecule has 7 nitrogen and oxygen atoms in total. The van der Waals surface area contributed by atoms with Gasteiger partial charge in [0.2, 0.25) is 11.1 Å². The summed E-state index contributed by atoms with van der Waals surface area (Å²) in [4.78, 5) is 18.5. The number of nitrogens with zero attached hydrogens (tertiary/aromatic N) is 3. The molecule has 1 unspecified atom stereocenters. The van der Waals surface area contributed by atoms with Gasteiger partial charge < -0.3 is 14.8 Å². The molecule has 1 N–H and O–H groups in total. The molecular formula is C35H40N4O3S. The average Bonchev–Trinajstić information content (AvgIpc) is 3.41. The number of anilines is 1. The van der Waals surface area contributed by atoms with E-state index in [4.69, 9.17) is 19.6 Å². The van der Waals surface area contributed by atoms with Crippen LogP contribution in [0.3, 0.4) is 0 Å². The molecule has 4 aromatic rings. The van der Waals surface area contributed by atoms with E-state index in [1.807, 2.05) is 61.5 Å². The van der Waals surface area contributed by atoms with E-state index in [0.29, 0.717) is 34.7 Å². The van der Waals surface area contributed by atoms with Crippen molar-refractivity contribution in [1.29, 1.82) is 0 Å². The Morgan fingerprint density at radius 3 is 2.37 bits per heavy atom. The van der Waals surface area contributed by atoms with E-state index < -0.39 is 12.0 Å². The number of allylic oxidation sites excluding steroid dienone is 1. The van der Waals surface area contributed by atoms with Gasteiger partial charge in [-0.05, 0) is 41.5 Å². The quantitative estimate of drug-likeness (QED) is 0.107. The van der Waals surface area contributed by atoms with Crippen LogP contribution in [0, 0.1) is 0 Å². The molecule has 0 saturated carbocycles. The number of carbonyl (C=O) groups is 1. The highest BCUT2D eigenvalue weighted by molar-refractivity contribution is 7.99. The molecule has 0 radical (unpaired) electrons. The van der Waals surface area contributed by atoms with Crippen LogP contribution in [0.4, 0.5) is 5.95 Å². The molecule has 1 aromatic heterocycles. The maximum absolute atomic E-state index is 13.8. The summed E-state index contributed by atoms with van der Waals surface area (Å²) in [6, 6.07) is 25.5. The summed E-state index contributed by atoms with van der Waals surface area (Å²) in [6.45, 7) is 11.2. The fourth-order valence-electron chi connectivity index (χ4n) is 4.95. The number of nitrogens with one attached hydrogen (secondary N) is 1. The lowest BCUT2D eigenvalue weighted by molar-refractivity contribution is -0.140. The number of rotatable bonds is 11. The summed E-state index contributed by atoms with van der Waals surface area (Å²) in [6.07, 6.45) is 2.18. The van der Waals surface area contributed by atoms with Crippen LogP contribution in [-0.2, 0) is 28.2 Å². The molecule has 1 aliphatic rings. The van der Waals surface area contributed by atoms with Crippen LogP contribution < -0.4 is 10.1 Å². The topological polar surface area (TPSA) is 78.3 Å². The first kappa shape index (κ1) is 30.4. The monoisotopic (exact) mass is 596 g/mol. The molecule has 0 bridgehead atoms. The van der Waals surface area contributed by atoms with Gasteiger partial charge in [-0.3, -0.25) is 0 Å². The van der Waals surface area contributed by atoms with E-state index in [1.54, 1.807) is 16.4 Å². The largest absolute Gasteiger partial charge is 0.489 e. The van der Waals surface area contributed by atoms with E-state index >= 15 is 0 Å². The van der Waals surface area contributed by atoms with Gasteiger partial charge in [-0.25, -0.2) is 9.48 Å². The zero-order chi connectivity index (χ0) is 30.4. The highest BCUT2D eigenvalue weighted by Gasteiger charge is 2.37. The number of hydrogen-bond acceptors (Lipinski definition) is 7. The number of esters is 1. The third-order valence-electron chi connectivity index (χ3n) is 7.42. The molecule has 0 aliphatic carbocycles. The lowest BCUT2D eigenvalue weighted by atomic mass is 9.87. The number of benzene rings is 3. The number of ether oxygens (including phenoxy) is 2. The van der Waals surface area contributed by atoms with Crippen molar-refractivity contribution >= 4 is 23.7 Å². The number of hydrogen-bond donors (Lipinski definition) is 1. The van der Waals surface area contributed by atoms with Gasteiger partial charge in [0.1, 0.15) is 25.0 Å². The minimum absolute atomic E-state index is 0.0832. The second kappa shape index (κ2) is 13.5. The Kier molecular flexibility index (Phi) is 9.56. The average molecular weight is 597 g/mol. The van der Waals surface area contributed by atoms with Gasteiger partial charge in [-0.1, -0.05) is 119 Å². The first-order valence-electron chi connectivity index (χ1n) is 14.8. The van der Waals surface area contributed by atoms with Crippen LogP contribution in [0.1, 0.15) is 75.8 Å². The zero-order valence-corrected chi connectivity index (χ0v) is 26.4. The van der Waals surface area contributed by atoms with E-state index in [-0.39, 0.29) is 12.0 Å². The fourth-order valence-corrected chi connectivity index (χ4v) is 5.87. The summed E-state index contributed by atoms with van der Waals surface area (Å²) in [5, 5.41) is 8.85. The Morgan fingerprint density at radius 1 is 0.953 bits per heavy atom. The molecule has 1 atom stereocenters. The summed E-state index contributed by atoms with van der Waals surface area (Å²) < 4.78 is 14.1. The summed E-state index contributed by atoms with van der Waals surface area (Å²) in [5.41, 5.74) is 5.32. The van der Waals surface area contributed by atoms with Gasteiger partial charge >= 0.3 is 5.97 Å². The lowest BCUT2D eigenvalue weighted by Gasteiger charge is -2.29. The van der Waals surface area contributed by atoms with Crippen LogP contribution in [0.5, 0.6) is 5.75 Å². The summed E-state index contributed by atoms with van der Waals surface area (Å²) in [5.74, 6) is 1.79. The highest BCUT2D eigenvalue weighted by atomic mass is 32.2. The van der Waals surface area contributed by atoms with Crippen LogP contribution in [0.25, 0.3) is 0 Å². The SMILES string of the molecule is CCCCSc1nc2n(n1)C(c1ccccc1OCc1ccc(C(C)(C)C)cc1)C(C(=O)OCc1ccccc1)=C(C)N2. The molecule has 0 fully saturated rings. The summed E-state index contributed by atoms with van der Waals surface area (Å²) >= 11 is 1.62. The maximum Gasteiger partial charge on any atom is 0.338 e. The summed E-state index contributed by atoms with van der Waals surface area (Å²) in [7, 11) is 0. The van der Waals surface area contributed by atoms with E-state index in [2.05, 4.69) is 57.3 Å².